The van der Waals surface area contributed by atoms with Crippen molar-refractivity contribution in [2.24, 2.45) is 0 Å². The van der Waals surface area contributed by atoms with Crippen LogP contribution >= 0.6 is 0 Å². The van der Waals surface area contributed by atoms with Gasteiger partial charge in [0.25, 0.3) is 11.8 Å². The van der Waals surface area contributed by atoms with Crippen molar-refractivity contribution in [2.75, 3.05) is 25.0 Å². The standard InChI is InChI=1S/C32H32N4O2/c1-35(25-15-19-36(20-16-25)26-13-17-33-18-14-26)32(38)24-10-9-23-11-12-30(29(23)21-24)34-31(37)28-8-4-6-22-5-2-3-7-27(22)28/h2-10,13-14,17-18,21,25,30H,11-12,15-16,19-20H2,1H3,(H,34,37)/t30-/m1/s1. The Hall–Kier alpha value is -4.19. The first kappa shape index (κ1) is 24.2. The van der Waals surface area contributed by atoms with E-state index in [1.807, 2.05) is 91.1 Å². The molecule has 0 radical (unpaired) electrons. The number of amides is 2. The van der Waals surface area contributed by atoms with Crippen LogP contribution in [0, 0.1) is 0 Å². The first-order valence-electron chi connectivity index (χ1n) is 13.4. The van der Waals surface area contributed by atoms with Gasteiger partial charge in [-0.15, -0.1) is 0 Å². The summed E-state index contributed by atoms with van der Waals surface area (Å²) in [5.41, 5.74) is 4.82. The second-order valence-corrected chi connectivity index (χ2v) is 10.3. The molecule has 2 amide bonds. The van der Waals surface area contributed by atoms with Gasteiger partial charge in [0.1, 0.15) is 0 Å². The molecule has 38 heavy (non-hydrogen) atoms. The number of carbonyl (C=O) groups is 2. The first-order chi connectivity index (χ1) is 18.6. The molecule has 0 bridgehead atoms. The Bertz CT molecular complexity index is 1470. The number of fused-ring (bicyclic) bond motifs is 2. The van der Waals surface area contributed by atoms with E-state index >= 15 is 0 Å². The van der Waals surface area contributed by atoms with E-state index in [2.05, 4.69) is 21.3 Å². The summed E-state index contributed by atoms with van der Waals surface area (Å²) in [5.74, 6) is -0.0318. The van der Waals surface area contributed by atoms with Gasteiger partial charge >= 0.3 is 0 Å². The highest BCUT2D eigenvalue weighted by Crippen LogP contribution is 2.33. The van der Waals surface area contributed by atoms with Gasteiger partial charge in [0.2, 0.25) is 0 Å². The van der Waals surface area contributed by atoms with Crippen molar-refractivity contribution in [3.8, 4) is 0 Å². The van der Waals surface area contributed by atoms with Crippen LogP contribution in [-0.4, -0.2) is 47.9 Å². The van der Waals surface area contributed by atoms with Gasteiger partial charge in [-0.1, -0.05) is 42.5 Å². The maximum atomic E-state index is 13.5. The molecule has 4 aromatic rings. The SMILES string of the molecule is CN(C(=O)c1ccc2c(c1)[C@H](NC(=O)c1cccc3ccccc13)CC2)C1CCN(c2ccncc2)CC1. The number of rotatable bonds is 5. The fourth-order valence-corrected chi connectivity index (χ4v) is 5.98. The third kappa shape index (κ3) is 4.62. The van der Waals surface area contributed by atoms with E-state index in [1.54, 1.807) is 0 Å². The van der Waals surface area contributed by atoms with E-state index in [0.29, 0.717) is 11.1 Å². The van der Waals surface area contributed by atoms with Crippen LogP contribution < -0.4 is 10.2 Å². The lowest BCUT2D eigenvalue weighted by Crippen LogP contribution is -2.45. The van der Waals surface area contributed by atoms with E-state index in [4.69, 9.17) is 0 Å². The van der Waals surface area contributed by atoms with Crippen molar-refractivity contribution in [1.29, 1.82) is 0 Å². The van der Waals surface area contributed by atoms with E-state index < -0.39 is 0 Å². The number of nitrogens with zero attached hydrogens (tertiary/aromatic N) is 3. The lowest BCUT2D eigenvalue weighted by Gasteiger charge is -2.38. The number of aromatic nitrogens is 1. The second kappa shape index (κ2) is 10.3. The number of hydrogen-bond donors (Lipinski definition) is 1. The van der Waals surface area contributed by atoms with Crippen LogP contribution in [-0.2, 0) is 6.42 Å². The van der Waals surface area contributed by atoms with Crippen molar-refractivity contribution in [2.45, 2.75) is 37.8 Å². The molecule has 0 spiro atoms. The Morgan fingerprint density at radius 2 is 1.68 bits per heavy atom. The molecule has 1 aliphatic carbocycles. The molecule has 1 aliphatic heterocycles. The molecule has 6 heteroatoms. The van der Waals surface area contributed by atoms with Crippen LogP contribution in [0.3, 0.4) is 0 Å². The maximum Gasteiger partial charge on any atom is 0.253 e. The summed E-state index contributed by atoms with van der Waals surface area (Å²) >= 11 is 0. The Kier molecular flexibility index (Phi) is 6.54. The number of anilines is 1. The Balaban J connectivity index is 1.14. The Morgan fingerprint density at radius 1 is 0.921 bits per heavy atom. The van der Waals surface area contributed by atoms with Crippen LogP contribution in [0.5, 0.6) is 0 Å². The van der Waals surface area contributed by atoms with Crippen LogP contribution in [0.1, 0.15) is 57.1 Å². The molecule has 6 rings (SSSR count). The zero-order chi connectivity index (χ0) is 26.1. The van der Waals surface area contributed by atoms with Gasteiger partial charge in [-0.3, -0.25) is 14.6 Å². The first-order valence-corrected chi connectivity index (χ1v) is 13.4. The van der Waals surface area contributed by atoms with Crippen molar-refractivity contribution in [1.82, 2.24) is 15.2 Å². The lowest BCUT2D eigenvalue weighted by molar-refractivity contribution is 0.0709. The molecule has 0 saturated carbocycles. The van der Waals surface area contributed by atoms with E-state index in [-0.39, 0.29) is 23.9 Å². The molecule has 2 heterocycles. The number of pyridine rings is 1. The summed E-state index contributed by atoms with van der Waals surface area (Å²) in [6.45, 7) is 1.83. The number of aryl methyl sites for hydroxylation is 1. The minimum Gasteiger partial charge on any atom is -0.371 e. The fourth-order valence-electron chi connectivity index (χ4n) is 5.98. The molecule has 192 valence electrons. The number of hydrogen-bond acceptors (Lipinski definition) is 4. The van der Waals surface area contributed by atoms with Gasteiger partial charge in [-0.05, 0) is 77.9 Å². The van der Waals surface area contributed by atoms with Gasteiger partial charge in [0, 0.05) is 55.4 Å². The molecule has 1 aromatic heterocycles. The van der Waals surface area contributed by atoms with Crippen LogP contribution in [0.25, 0.3) is 10.8 Å². The van der Waals surface area contributed by atoms with Crippen molar-refractivity contribution in [3.05, 3.63) is 107 Å². The van der Waals surface area contributed by atoms with Crippen molar-refractivity contribution < 1.29 is 9.59 Å². The molecule has 0 unspecified atom stereocenters. The highest BCUT2D eigenvalue weighted by atomic mass is 16.2. The summed E-state index contributed by atoms with van der Waals surface area (Å²) in [6, 6.07) is 24.0. The normalized spacial score (nSPS) is 17.3. The zero-order valence-corrected chi connectivity index (χ0v) is 21.6. The molecule has 1 N–H and O–H groups in total. The smallest absolute Gasteiger partial charge is 0.253 e. The zero-order valence-electron chi connectivity index (χ0n) is 21.6. The molecule has 6 nitrogen and oxygen atoms in total. The maximum absolute atomic E-state index is 13.5. The summed E-state index contributed by atoms with van der Waals surface area (Å²) < 4.78 is 0. The number of piperidine rings is 1. The quantitative estimate of drug-likeness (QED) is 0.396. The van der Waals surface area contributed by atoms with Crippen LogP contribution in [0.15, 0.2) is 85.2 Å². The van der Waals surface area contributed by atoms with Gasteiger partial charge in [0.05, 0.1) is 6.04 Å². The Morgan fingerprint density at radius 3 is 2.50 bits per heavy atom. The highest BCUT2D eigenvalue weighted by molar-refractivity contribution is 6.07. The second-order valence-electron chi connectivity index (χ2n) is 10.3. The van der Waals surface area contributed by atoms with Gasteiger partial charge in [-0.25, -0.2) is 0 Å². The molecule has 2 aliphatic rings. The number of nitrogens with one attached hydrogen (secondary N) is 1. The van der Waals surface area contributed by atoms with Gasteiger partial charge in [0.15, 0.2) is 0 Å². The van der Waals surface area contributed by atoms with E-state index in [9.17, 15) is 9.59 Å². The van der Waals surface area contributed by atoms with E-state index in [0.717, 1.165) is 55.1 Å². The average Bonchev–Trinajstić information content (AvgIpc) is 3.38. The predicted octanol–water partition coefficient (Wildman–Crippen LogP) is 5.39. The summed E-state index contributed by atoms with van der Waals surface area (Å²) in [7, 11) is 1.92. The monoisotopic (exact) mass is 504 g/mol. The van der Waals surface area contributed by atoms with Crippen molar-refractivity contribution in [3.63, 3.8) is 0 Å². The Labute approximate surface area is 223 Å². The summed E-state index contributed by atoms with van der Waals surface area (Å²) in [6.07, 6.45) is 7.24. The van der Waals surface area contributed by atoms with Gasteiger partial charge in [-0.2, -0.15) is 0 Å². The van der Waals surface area contributed by atoms with E-state index in [1.165, 1.54) is 11.3 Å². The molecular weight excluding hydrogens is 472 g/mol. The highest BCUT2D eigenvalue weighted by Gasteiger charge is 2.29. The molecule has 1 fully saturated rings. The predicted molar refractivity (Wildman–Crippen MR) is 150 cm³/mol. The fraction of sp³-hybridized carbons (Fsp3) is 0.281. The molecular formula is C32H32N4O2. The third-order valence-corrected chi connectivity index (χ3v) is 8.17. The minimum atomic E-state index is -0.0990. The molecule has 1 saturated heterocycles. The topological polar surface area (TPSA) is 65.5 Å². The van der Waals surface area contributed by atoms with Crippen molar-refractivity contribution >= 4 is 28.3 Å². The summed E-state index contributed by atoms with van der Waals surface area (Å²) in [5, 5.41) is 5.25. The number of benzene rings is 3. The largest absolute Gasteiger partial charge is 0.371 e. The lowest BCUT2D eigenvalue weighted by atomic mass is 9.99. The average molecular weight is 505 g/mol. The van der Waals surface area contributed by atoms with Gasteiger partial charge < -0.3 is 15.1 Å². The number of carbonyl (C=O) groups excluding carboxylic acids is 2. The van der Waals surface area contributed by atoms with Crippen LogP contribution in [0.2, 0.25) is 0 Å². The van der Waals surface area contributed by atoms with Crippen LogP contribution in [0.4, 0.5) is 5.69 Å². The summed E-state index contributed by atoms with van der Waals surface area (Å²) in [4.78, 5) is 35.2. The molecule has 3 aromatic carbocycles. The molecule has 1 atom stereocenters. The minimum absolute atomic E-state index is 0.0428. The third-order valence-electron chi connectivity index (χ3n) is 8.17.